The molecule has 0 radical (unpaired) electrons. The molecule has 0 bridgehead atoms. The van der Waals surface area contributed by atoms with Gasteiger partial charge in [-0.05, 0) is 6.42 Å². The van der Waals surface area contributed by atoms with Gasteiger partial charge in [0.15, 0.2) is 0 Å². The van der Waals surface area contributed by atoms with Crippen molar-refractivity contribution < 1.29 is 23.8 Å². The third-order valence-corrected chi connectivity index (χ3v) is 2.78. The van der Waals surface area contributed by atoms with Crippen molar-refractivity contribution in [3.05, 3.63) is 0 Å². The summed E-state index contributed by atoms with van der Waals surface area (Å²) in [4.78, 5) is 21.0. The summed E-state index contributed by atoms with van der Waals surface area (Å²) in [5.74, 6) is 0.0720. The third-order valence-electron chi connectivity index (χ3n) is 2.43. The molecule has 146 valence electrons. The van der Waals surface area contributed by atoms with Gasteiger partial charge in [-0.3, -0.25) is 9.59 Å². The standard InChI is InChI=1S/C7H12O4.C4H13N3.C3H5ClO.H3N/c1-10-6(8)4-3-5-7(9)11-2;5-1-3-7-4-2-6;4-1-3-2-5-3;/h3-5H2,1-2H3;7H,1-6H2;3H,1-2H2;1H3. The van der Waals surface area contributed by atoms with E-state index in [0.717, 1.165) is 19.7 Å². The molecule has 1 atom stereocenters. The highest BCUT2D eigenvalue weighted by Gasteiger charge is 2.19. The van der Waals surface area contributed by atoms with Crippen molar-refractivity contribution in [1.82, 2.24) is 11.5 Å². The number of methoxy groups -OCH3 is 2. The Bertz CT molecular complexity index is 274. The fourth-order valence-corrected chi connectivity index (χ4v) is 1.25. The molecule has 1 fully saturated rings. The van der Waals surface area contributed by atoms with Gasteiger partial charge in [0.25, 0.3) is 0 Å². The van der Waals surface area contributed by atoms with E-state index >= 15 is 0 Å². The molecule has 1 saturated heterocycles. The number of carbonyl (C=O) groups is 2. The van der Waals surface area contributed by atoms with Crippen LogP contribution in [0.4, 0.5) is 0 Å². The normalized spacial score (nSPS) is 14.0. The first kappa shape index (κ1) is 27.9. The number of esters is 2. The smallest absolute Gasteiger partial charge is 0.305 e. The van der Waals surface area contributed by atoms with Crippen molar-refractivity contribution >= 4 is 23.5 Å². The molecule has 1 aliphatic rings. The Balaban J connectivity index is -0.000000291. The van der Waals surface area contributed by atoms with Gasteiger partial charge in [0.2, 0.25) is 0 Å². The second kappa shape index (κ2) is 22.0. The number of rotatable bonds is 9. The number of halogens is 1. The van der Waals surface area contributed by atoms with E-state index in [2.05, 4.69) is 14.8 Å². The minimum Gasteiger partial charge on any atom is -0.469 e. The lowest BCUT2D eigenvalue weighted by molar-refractivity contribution is -0.142. The van der Waals surface area contributed by atoms with Crippen LogP contribution < -0.4 is 22.9 Å². The van der Waals surface area contributed by atoms with Crippen LogP contribution in [-0.4, -0.2) is 70.9 Å². The van der Waals surface area contributed by atoms with Crippen LogP contribution in [0.15, 0.2) is 0 Å². The molecule has 9 nitrogen and oxygen atoms in total. The zero-order valence-electron chi connectivity index (χ0n) is 14.7. The maximum Gasteiger partial charge on any atom is 0.305 e. The summed E-state index contributed by atoms with van der Waals surface area (Å²) < 4.78 is 13.5. The second-order valence-electron chi connectivity index (χ2n) is 4.44. The van der Waals surface area contributed by atoms with Crippen LogP contribution in [0.5, 0.6) is 0 Å². The van der Waals surface area contributed by atoms with E-state index in [0.29, 0.717) is 31.5 Å². The number of ether oxygens (including phenoxy) is 3. The molecular formula is C14H33ClN4O5. The molecule has 0 aromatic heterocycles. The highest BCUT2D eigenvalue weighted by atomic mass is 35.5. The molecule has 24 heavy (non-hydrogen) atoms. The molecule has 10 heteroatoms. The summed E-state index contributed by atoms with van der Waals surface area (Å²) in [5.41, 5.74) is 10.3. The molecule has 0 saturated carbocycles. The molecule has 1 aliphatic heterocycles. The average Bonchev–Trinajstić information content (AvgIpc) is 3.40. The largest absolute Gasteiger partial charge is 0.469 e. The average molecular weight is 373 g/mol. The summed E-state index contributed by atoms with van der Waals surface area (Å²) in [6, 6.07) is 0. The molecule has 0 amide bonds. The lowest BCUT2D eigenvalue weighted by atomic mass is 10.2. The van der Waals surface area contributed by atoms with Crippen LogP contribution in [-0.2, 0) is 23.8 Å². The van der Waals surface area contributed by atoms with Crippen LogP contribution in [0.2, 0.25) is 0 Å². The van der Waals surface area contributed by atoms with Crippen LogP contribution in [0.3, 0.4) is 0 Å². The van der Waals surface area contributed by atoms with Crippen LogP contribution >= 0.6 is 11.6 Å². The Morgan fingerprint density at radius 2 is 1.54 bits per heavy atom. The van der Waals surface area contributed by atoms with Gasteiger partial charge in [-0.1, -0.05) is 0 Å². The molecule has 8 N–H and O–H groups in total. The summed E-state index contributed by atoms with van der Waals surface area (Å²) in [5, 5.41) is 3.03. The second-order valence-corrected chi connectivity index (χ2v) is 4.75. The number of hydrogen-bond acceptors (Lipinski definition) is 9. The van der Waals surface area contributed by atoms with Crippen molar-refractivity contribution in [3.8, 4) is 0 Å². The third kappa shape index (κ3) is 26.0. The maximum absolute atomic E-state index is 10.5. The number of carbonyl (C=O) groups excluding carboxylic acids is 2. The molecule has 0 aromatic carbocycles. The number of hydrogen-bond donors (Lipinski definition) is 4. The summed E-state index contributed by atoms with van der Waals surface area (Å²) in [7, 11) is 2.64. The molecule has 0 aliphatic carbocycles. The topological polar surface area (TPSA) is 164 Å². The maximum atomic E-state index is 10.5. The van der Waals surface area contributed by atoms with Crippen molar-refractivity contribution in [2.75, 3.05) is 52.9 Å². The number of nitrogens with one attached hydrogen (secondary N) is 1. The highest BCUT2D eigenvalue weighted by molar-refractivity contribution is 6.18. The zero-order valence-corrected chi connectivity index (χ0v) is 15.5. The summed E-state index contributed by atoms with van der Waals surface area (Å²) in [6.45, 7) is 4.01. The zero-order chi connectivity index (χ0) is 17.9. The van der Waals surface area contributed by atoms with Gasteiger partial charge >= 0.3 is 11.9 Å². The molecule has 0 aromatic rings. The first-order valence-electron chi connectivity index (χ1n) is 7.47. The van der Waals surface area contributed by atoms with E-state index in [4.69, 9.17) is 27.8 Å². The van der Waals surface area contributed by atoms with Gasteiger partial charge in [0.05, 0.1) is 32.8 Å². The van der Waals surface area contributed by atoms with Gasteiger partial charge in [-0.25, -0.2) is 0 Å². The highest BCUT2D eigenvalue weighted by Crippen LogP contribution is 2.08. The van der Waals surface area contributed by atoms with Crippen molar-refractivity contribution in [3.63, 3.8) is 0 Å². The lowest BCUT2D eigenvalue weighted by Gasteiger charge is -1.97. The van der Waals surface area contributed by atoms with Crippen LogP contribution in [0.1, 0.15) is 19.3 Å². The molecule has 0 spiro atoms. The van der Waals surface area contributed by atoms with E-state index in [-0.39, 0.29) is 30.9 Å². The number of epoxide rings is 1. The van der Waals surface area contributed by atoms with E-state index in [9.17, 15) is 9.59 Å². The predicted molar refractivity (Wildman–Crippen MR) is 94.3 cm³/mol. The van der Waals surface area contributed by atoms with Gasteiger partial charge < -0.3 is 37.1 Å². The minimum atomic E-state index is -0.297. The van der Waals surface area contributed by atoms with Gasteiger partial charge in [-0.2, -0.15) is 0 Å². The first-order valence-corrected chi connectivity index (χ1v) is 8.01. The van der Waals surface area contributed by atoms with E-state index in [1.807, 2.05) is 0 Å². The van der Waals surface area contributed by atoms with Crippen molar-refractivity contribution in [2.24, 2.45) is 11.5 Å². The first-order chi connectivity index (χ1) is 11.0. The fourth-order valence-electron chi connectivity index (χ4n) is 1.07. The molecule has 1 rings (SSSR count). The van der Waals surface area contributed by atoms with Gasteiger partial charge in [-0.15, -0.1) is 11.6 Å². The Labute approximate surface area is 149 Å². The molecular weight excluding hydrogens is 340 g/mol. The summed E-state index contributed by atoms with van der Waals surface area (Å²) in [6.07, 6.45) is 1.42. The van der Waals surface area contributed by atoms with Gasteiger partial charge in [0.1, 0.15) is 0 Å². The fraction of sp³-hybridized carbons (Fsp3) is 0.857. The van der Waals surface area contributed by atoms with Crippen molar-refractivity contribution in [1.29, 1.82) is 0 Å². The Morgan fingerprint density at radius 3 is 1.75 bits per heavy atom. The van der Waals surface area contributed by atoms with E-state index in [1.165, 1.54) is 14.2 Å². The van der Waals surface area contributed by atoms with Gasteiger partial charge in [0, 0.05) is 39.0 Å². The molecule has 1 heterocycles. The predicted octanol–water partition coefficient (Wildman–Crippen LogP) is -0.218. The Morgan fingerprint density at radius 1 is 1.12 bits per heavy atom. The number of alkyl halides is 1. The van der Waals surface area contributed by atoms with E-state index < -0.39 is 0 Å². The Kier molecular flexibility index (Phi) is 25.6. The number of nitrogens with two attached hydrogens (primary N) is 2. The van der Waals surface area contributed by atoms with Crippen LogP contribution in [0.25, 0.3) is 0 Å². The van der Waals surface area contributed by atoms with Crippen molar-refractivity contribution in [2.45, 2.75) is 25.4 Å². The lowest BCUT2D eigenvalue weighted by Crippen LogP contribution is -2.27. The minimum absolute atomic E-state index is 0. The SMILES string of the molecule is COC(=O)CCCC(=O)OC.ClCC1CO1.N.NCCNCCN. The Hall–Kier alpha value is -0.970. The van der Waals surface area contributed by atoms with E-state index in [1.54, 1.807) is 0 Å². The molecule has 1 unspecified atom stereocenters. The summed E-state index contributed by atoms with van der Waals surface area (Å²) >= 11 is 5.27. The monoisotopic (exact) mass is 372 g/mol. The quantitative estimate of drug-likeness (QED) is 0.185. The van der Waals surface area contributed by atoms with Crippen LogP contribution in [0, 0.1) is 0 Å².